The molecule has 0 unspecified atom stereocenters. The molecule has 0 saturated carbocycles. The molecule has 1 nitrogen and oxygen atoms in total. The van der Waals surface area contributed by atoms with E-state index < -0.39 is 0 Å². The Labute approximate surface area is 92.9 Å². The fraction of sp³-hybridized carbons (Fsp3) is 0.571. The lowest BCUT2D eigenvalue weighted by Crippen LogP contribution is -2.54. The number of benzene rings is 1. The summed E-state index contributed by atoms with van der Waals surface area (Å²) in [6.45, 7) is 6.90. The van der Waals surface area contributed by atoms with Crippen LogP contribution in [-0.4, -0.2) is 13.1 Å². The van der Waals surface area contributed by atoms with Crippen LogP contribution in [0.5, 0.6) is 0 Å². The number of nitrogens with one attached hydrogen (secondary N) is 1. The van der Waals surface area contributed by atoms with Crippen molar-refractivity contribution < 1.29 is 0 Å². The second kappa shape index (κ2) is 4.36. The summed E-state index contributed by atoms with van der Waals surface area (Å²) < 4.78 is 0. The van der Waals surface area contributed by atoms with Gasteiger partial charge in [-0.2, -0.15) is 0 Å². The molecule has 0 radical (unpaired) electrons. The Balaban J connectivity index is 2.03. The summed E-state index contributed by atoms with van der Waals surface area (Å²) in [5.41, 5.74) is 3.49. The van der Waals surface area contributed by atoms with Gasteiger partial charge in [0.05, 0.1) is 0 Å². The molecule has 0 amide bonds. The Morgan fingerprint density at radius 1 is 1.07 bits per heavy atom. The van der Waals surface area contributed by atoms with Crippen molar-refractivity contribution in [3.05, 3.63) is 35.4 Å². The van der Waals surface area contributed by atoms with Gasteiger partial charge in [0.15, 0.2) is 0 Å². The van der Waals surface area contributed by atoms with Crippen LogP contribution >= 0.6 is 0 Å². The van der Waals surface area contributed by atoms with Crippen LogP contribution in [0.25, 0.3) is 0 Å². The largest absolute Gasteiger partial charge is 0.316 e. The van der Waals surface area contributed by atoms with Crippen LogP contribution < -0.4 is 5.32 Å². The standard InChI is InChI=1S/C14H21N/c1-3-12-5-7-13(8-6-12)9-14(4-2)10-15-11-14/h5-8,15H,3-4,9-11H2,1-2H3. The van der Waals surface area contributed by atoms with Crippen LogP contribution in [0.1, 0.15) is 31.4 Å². The summed E-state index contributed by atoms with van der Waals surface area (Å²) in [4.78, 5) is 0. The first-order valence-corrected chi connectivity index (χ1v) is 6.06. The van der Waals surface area contributed by atoms with Gasteiger partial charge in [0.25, 0.3) is 0 Å². The summed E-state index contributed by atoms with van der Waals surface area (Å²) in [5, 5.41) is 3.40. The SMILES string of the molecule is CCc1ccc(CC2(CC)CNC2)cc1. The van der Waals surface area contributed by atoms with E-state index in [-0.39, 0.29) is 0 Å². The molecule has 0 aliphatic carbocycles. The Hall–Kier alpha value is -0.820. The average molecular weight is 203 g/mol. The quantitative estimate of drug-likeness (QED) is 0.793. The van der Waals surface area contributed by atoms with Crippen molar-refractivity contribution in [2.75, 3.05) is 13.1 Å². The first-order valence-electron chi connectivity index (χ1n) is 6.06. The lowest BCUT2D eigenvalue weighted by molar-refractivity contribution is 0.160. The van der Waals surface area contributed by atoms with Gasteiger partial charge in [-0.3, -0.25) is 0 Å². The third-order valence-electron chi connectivity index (χ3n) is 3.76. The molecule has 1 saturated heterocycles. The van der Waals surface area contributed by atoms with Gasteiger partial charge in [0, 0.05) is 13.1 Å². The molecule has 0 atom stereocenters. The van der Waals surface area contributed by atoms with Crippen molar-refractivity contribution in [2.45, 2.75) is 33.1 Å². The number of hydrogen-bond donors (Lipinski definition) is 1. The second-order valence-corrected chi connectivity index (χ2v) is 4.80. The predicted molar refractivity (Wildman–Crippen MR) is 65.1 cm³/mol. The molecule has 82 valence electrons. The third-order valence-corrected chi connectivity index (χ3v) is 3.76. The smallest absolute Gasteiger partial charge is 0.00233 e. The summed E-state index contributed by atoms with van der Waals surface area (Å²) in [6.07, 6.45) is 3.66. The van der Waals surface area contributed by atoms with E-state index in [1.807, 2.05) is 0 Å². The van der Waals surface area contributed by atoms with Crippen molar-refractivity contribution in [1.82, 2.24) is 5.32 Å². The summed E-state index contributed by atoms with van der Waals surface area (Å²) in [7, 11) is 0. The summed E-state index contributed by atoms with van der Waals surface area (Å²) in [5.74, 6) is 0. The van der Waals surface area contributed by atoms with E-state index in [1.54, 1.807) is 0 Å². The first-order chi connectivity index (χ1) is 7.28. The number of hydrogen-bond acceptors (Lipinski definition) is 1. The van der Waals surface area contributed by atoms with E-state index in [0.29, 0.717) is 5.41 Å². The van der Waals surface area contributed by atoms with E-state index in [2.05, 4.69) is 43.4 Å². The Morgan fingerprint density at radius 3 is 2.07 bits per heavy atom. The minimum Gasteiger partial charge on any atom is -0.316 e. The van der Waals surface area contributed by atoms with E-state index in [1.165, 1.54) is 37.1 Å². The normalized spacial score (nSPS) is 18.5. The highest BCUT2D eigenvalue weighted by Crippen LogP contribution is 2.31. The summed E-state index contributed by atoms with van der Waals surface area (Å²) in [6, 6.07) is 9.14. The number of rotatable bonds is 4. The molecule has 2 rings (SSSR count). The molecule has 0 spiro atoms. The lowest BCUT2D eigenvalue weighted by atomic mass is 9.74. The Kier molecular flexibility index (Phi) is 3.11. The van der Waals surface area contributed by atoms with Gasteiger partial charge in [-0.25, -0.2) is 0 Å². The van der Waals surface area contributed by atoms with Gasteiger partial charge in [-0.05, 0) is 35.8 Å². The molecule has 0 aromatic heterocycles. The van der Waals surface area contributed by atoms with Gasteiger partial charge >= 0.3 is 0 Å². The van der Waals surface area contributed by atoms with Crippen molar-refractivity contribution >= 4 is 0 Å². The zero-order chi connectivity index (χ0) is 10.7. The fourth-order valence-electron chi connectivity index (χ4n) is 2.30. The maximum absolute atomic E-state index is 3.40. The van der Waals surface area contributed by atoms with Crippen LogP contribution in [0.15, 0.2) is 24.3 Å². The van der Waals surface area contributed by atoms with Gasteiger partial charge in [0.1, 0.15) is 0 Å². The van der Waals surface area contributed by atoms with Crippen LogP contribution in [0, 0.1) is 5.41 Å². The van der Waals surface area contributed by atoms with E-state index in [0.717, 1.165) is 6.42 Å². The summed E-state index contributed by atoms with van der Waals surface area (Å²) >= 11 is 0. The average Bonchev–Trinajstić information content (AvgIpc) is 2.24. The lowest BCUT2D eigenvalue weighted by Gasteiger charge is -2.42. The molecule has 1 aliphatic heterocycles. The molecule has 1 aliphatic rings. The van der Waals surface area contributed by atoms with E-state index >= 15 is 0 Å². The molecule has 1 aromatic carbocycles. The third kappa shape index (κ3) is 2.23. The highest BCUT2D eigenvalue weighted by Gasteiger charge is 2.34. The molecular formula is C14H21N. The molecule has 1 fully saturated rings. The molecule has 1 N–H and O–H groups in total. The van der Waals surface area contributed by atoms with Gasteiger partial charge < -0.3 is 5.32 Å². The zero-order valence-corrected chi connectivity index (χ0v) is 9.84. The Bertz CT molecular complexity index is 303. The maximum atomic E-state index is 3.40. The van der Waals surface area contributed by atoms with Crippen LogP contribution in [0.4, 0.5) is 0 Å². The monoisotopic (exact) mass is 203 g/mol. The van der Waals surface area contributed by atoms with E-state index in [4.69, 9.17) is 0 Å². The highest BCUT2D eigenvalue weighted by atomic mass is 15.0. The predicted octanol–water partition coefficient (Wildman–Crippen LogP) is 2.79. The molecule has 1 heterocycles. The first kappa shape index (κ1) is 10.7. The molecule has 1 heteroatoms. The van der Waals surface area contributed by atoms with Crippen LogP contribution in [0.2, 0.25) is 0 Å². The minimum absolute atomic E-state index is 0.549. The van der Waals surface area contributed by atoms with Gasteiger partial charge in [-0.15, -0.1) is 0 Å². The minimum atomic E-state index is 0.549. The topological polar surface area (TPSA) is 12.0 Å². The second-order valence-electron chi connectivity index (χ2n) is 4.80. The highest BCUT2D eigenvalue weighted by molar-refractivity contribution is 5.24. The van der Waals surface area contributed by atoms with Crippen LogP contribution in [-0.2, 0) is 12.8 Å². The van der Waals surface area contributed by atoms with Gasteiger partial charge in [0.2, 0.25) is 0 Å². The molecular weight excluding hydrogens is 182 g/mol. The zero-order valence-electron chi connectivity index (χ0n) is 9.84. The van der Waals surface area contributed by atoms with Crippen molar-refractivity contribution in [3.63, 3.8) is 0 Å². The van der Waals surface area contributed by atoms with Crippen molar-refractivity contribution in [1.29, 1.82) is 0 Å². The van der Waals surface area contributed by atoms with Gasteiger partial charge in [-0.1, -0.05) is 38.1 Å². The van der Waals surface area contributed by atoms with Crippen molar-refractivity contribution in [2.24, 2.45) is 5.41 Å². The maximum Gasteiger partial charge on any atom is 0.00233 e. The molecule has 1 aromatic rings. The fourth-order valence-corrected chi connectivity index (χ4v) is 2.30. The Morgan fingerprint density at radius 2 is 1.67 bits per heavy atom. The molecule has 0 bridgehead atoms. The number of aryl methyl sites for hydroxylation is 1. The van der Waals surface area contributed by atoms with Crippen LogP contribution in [0.3, 0.4) is 0 Å². The van der Waals surface area contributed by atoms with Crippen molar-refractivity contribution in [3.8, 4) is 0 Å². The van der Waals surface area contributed by atoms with E-state index in [9.17, 15) is 0 Å². The molecule has 15 heavy (non-hydrogen) atoms.